The largest absolute Gasteiger partial charge is 0.497 e. The van der Waals surface area contributed by atoms with Crippen molar-refractivity contribution in [1.29, 1.82) is 0 Å². The van der Waals surface area contributed by atoms with Gasteiger partial charge in [-0.1, -0.05) is 18.7 Å². The second kappa shape index (κ2) is 7.55. The van der Waals surface area contributed by atoms with Gasteiger partial charge in [-0.2, -0.15) is 0 Å². The Morgan fingerprint density at radius 3 is 3.05 bits per heavy atom. The predicted octanol–water partition coefficient (Wildman–Crippen LogP) is 3.44. The Kier molecular flexibility index (Phi) is 5.73. The molecule has 0 spiro atoms. The van der Waals surface area contributed by atoms with Crippen molar-refractivity contribution in [2.45, 2.75) is 37.9 Å². The highest BCUT2D eigenvalue weighted by molar-refractivity contribution is 7.99. The Morgan fingerprint density at radius 1 is 1.45 bits per heavy atom. The lowest BCUT2D eigenvalue weighted by atomic mass is 10.2. The third-order valence-electron chi connectivity index (χ3n) is 3.24. The zero-order valence-electron chi connectivity index (χ0n) is 12.4. The van der Waals surface area contributed by atoms with Crippen molar-refractivity contribution in [3.63, 3.8) is 0 Å². The monoisotopic (exact) mass is 293 g/mol. The number of hydrogen-bond donors (Lipinski definition) is 2. The first kappa shape index (κ1) is 15.2. The number of rotatable bonds is 8. The molecule has 5 heteroatoms. The molecule has 110 valence electrons. The molecule has 0 fully saturated rings. The van der Waals surface area contributed by atoms with Crippen LogP contribution < -0.4 is 10.1 Å². The number of imidazole rings is 1. The zero-order valence-corrected chi connectivity index (χ0v) is 13.2. The fourth-order valence-electron chi connectivity index (χ4n) is 2.17. The molecule has 0 aliphatic carbocycles. The molecule has 0 saturated heterocycles. The Balaban J connectivity index is 1.84. The number of aromatic nitrogens is 2. The SMILES string of the molecule is CCNC(C)CCCSc1nc2ccc(OC)cc2[nH]1. The number of nitrogens with one attached hydrogen (secondary N) is 2. The standard InChI is InChI=1S/C15H23N3OS/c1-4-16-11(2)6-5-9-20-15-17-13-8-7-12(19-3)10-14(13)18-15/h7-8,10-11,16H,4-6,9H2,1-3H3,(H,17,18). The summed E-state index contributed by atoms with van der Waals surface area (Å²) in [7, 11) is 1.68. The summed E-state index contributed by atoms with van der Waals surface area (Å²) in [5.41, 5.74) is 2.03. The highest BCUT2D eigenvalue weighted by atomic mass is 32.2. The molecule has 1 unspecified atom stereocenters. The quantitative estimate of drug-likeness (QED) is 0.578. The molecule has 2 rings (SSSR count). The van der Waals surface area contributed by atoms with Gasteiger partial charge in [-0.15, -0.1) is 0 Å². The molecule has 0 aliphatic heterocycles. The fraction of sp³-hybridized carbons (Fsp3) is 0.533. The van der Waals surface area contributed by atoms with Gasteiger partial charge in [-0.3, -0.25) is 0 Å². The van der Waals surface area contributed by atoms with E-state index in [1.807, 2.05) is 18.2 Å². The Bertz CT molecular complexity index is 541. The minimum absolute atomic E-state index is 0.598. The average molecular weight is 293 g/mol. The van der Waals surface area contributed by atoms with E-state index in [0.717, 1.165) is 34.2 Å². The molecule has 0 aliphatic rings. The van der Waals surface area contributed by atoms with E-state index >= 15 is 0 Å². The van der Waals surface area contributed by atoms with Gasteiger partial charge in [-0.05, 0) is 38.4 Å². The van der Waals surface area contributed by atoms with E-state index in [-0.39, 0.29) is 0 Å². The van der Waals surface area contributed by atoms with Gasteiger partial charge in [0, 0.05) is 17.9 Å². The third kappa shape index (κ3) is 4.15. The summed E-state index contributed by atoms with van der Waals surface area (Å²) in [6.45, 7) is 5.43. The summed E-state index contributed by atoms with van der Waals surface area (Å²) >= 11 is 1.78. The lowest BCUT2D eigenvalue weighted by molar-refractivity contribution is 0.415. The molecular weight excluding hydrogens is 270 g/mol. The topological polar surface area (TPSA) is 49.9 Å². The first-order valence-corrected chi connectivity index (χ1v) is 8.11. The smallest absolute Gasteiger partial charge is 0.166 e. The third-order valence-corrected chi connectivity index (χ3v) is 4.20. The van der Waals surface area contributed by atoms with Crippen LogP contribution >= 0.6 is 11.8 Å². The molecular formula is C15H23N3OS. The predicted molar refractivity (Wildman–Crippen MR) is 85.7 cm³/mol. The summed E-state index contributed by atoms with van der Waals surface area (Å²) in [6, 6.07) is 6.51. The Hall–Kier alpha value is -1.20. The molecule has 0 amide bonds. The van der Waals surface area contributed by atoms with Gasteiger partial charge in [0.25, 0.3) is 0 Å². The average Bonchev–Trinajstić information content (AvgIpc) is 2.85. The maximum atomic E-state index is 5.22. The van der Waals surface area contributed by atoms with Crippen molar-refractivity contribution >= 4 is 22.8 Å². The van der Waals surface area contributed by atoms with Crippen LogP contribution in [0.1, 0.15) is 26.7 Å². The highest BCUT2D eigenvalue weighted by Crippen LogP contribution is 2.23. The van der Waals surface area contributed by atoms with Gasteiger partial charge >= 0.3 is 0 Å². The summed E-state index contributed by atoms with van der Waals surface area (Å²) < 4.78 is 5.22. The van der Waals surface area contributed by atoms with Crippen LogP contribution in [0.25, 0.3) is 11.0 Å². The summed E-state index contributed by atoms with van der Waals surface area (Å²) in [4.78, 5) is 7.92. The van der Waals surface area contributed by atoms with Crippen molar-refractivity contribution < 1.29 is 4.74 Å². The van der Waals surface area contributed by atoms with Gasteiger partial charge in [0.1, 0.15) is 5.75 Å². The molecule has 1 heterocycles. The minimum Gasteiger partial charge on any atom is -0.497 e. The van der Waals surface area contributed by atoms with E-state index in [0.29, 0.717) is 6.04 Å². The van der Waals surface area contributed by atoms with Crippen molar-refractivity contribution in [2.24, 2.45) is 0 Å². The zero-order chi connectivity index (χ0) is 14.4. The molecule has 1 atom stereocenters. The molecule has 20 heavy (non-hydrogen) atoms. The van der Waals surface area contributed by atoms with Crippen molar-refractivity contribution in [3.05, 3.63) is 18.2 Å². The van der Waals surface area contributed by atoms with Crippen LogP contribution in [-0.4, -0.2) is 35.4 Å². The molecule has 2 aromatic rings. The number of hydrogen-bond acceptors (Lipinski definition) is 4. The molecule has 2 N–H and O–H groups in total. The maximum absolute atomic E-state index is 5.22. The first-order chi connectivity index (χ1) is 9.72. The van der Waals surface area contributed by atoms with Gasteiger partial charge in [-0.25, -0.2) is 4.98 Å². The van der Waals surface area contributed by atoms with Crippen LogP contribution in [0.5, 0.6) is 5.75 Å². The van der Waals surface area contributed by atoms with Gasteiger partial charge in [0.05, 0.1) is 18.1 Å². The number of thioether (sulfide) groups is 1. The molecule has 4 nitrogen and oxygen atoms in total. The minimum atomic E-state index is 0.598. The second-order valence-corrected chi connectivity index (χ2v) is 5.96. The van der Waals surface area contributed by atoms with E-state index in [4.69, 9.17) is 4.74 Å². The Morgan fingerprint density at radius 2 is 2.30 bits per heavy atom. The van der Waals surface area contributed by atoms with E-state index < -0.39 is 0 Å². The van der Waals surface area contributed by atoms with E-state index in [1.165, 1.54) is 12.8 Å². The van der Waals surface area contributed by atoms with E-state index in [9.17, 15) is 0 Å². The summed E-state index contributed by atoms with van der Waals surface area (Å²) in [5.74, 6) is 1.95. The normalized spacial score (nSPS) is 12.8. The number of aromatic amines is 1. The number of ether oxygens (including phenoxy) is 1. The molecule has 1 aromatic heterocycles. The lowest BCUT2D eigenvalue weighted by Gasteiger charge is -2.10. The summed E-state index contributed by atoms with van der Waals surface area (Å²) in [5, 5.41) is 4.42. The van der Waals surface area contributed by atoms with Crippen LogP contribution in [0.3, 0.4) is 0 Å². The molecule has 0 saturated carbocycles. The highest BCUT2D eigenvalue weighted by Gasteiger charge is 2.05. The maximum Gasteiger partial charge on any atom is 0.166 e. The molecule has 1 aromatic carbocycles. The van der Waals surface area contributed by atoms with Gasteiger partial charge in [0.2, 0.25) is 0 Å². The van der Waals surface area contributed by atoms with Crippen molar-refractivity contribution in [3.8, 4) is 5.75 Å². The molecule has 0 bridgehead atoms. The second-order valence-electron chi connectivity index (χ2n) is 4.87. The fourth-order valence-corrected chi connectivity index (χ4v) is 3.02. The first-order valence-electron chi connectivity index (χ1n) is 7.13. The van der Waals surface area contributed by atoms with Gasteiger partial charge in [0.15, 0.2) is 5.16 Å². The van der Waals surface area contributed by atoms with Crippen LogP contribution in [0.15, 0.2) is 23.4 Å². The number of methoxy groups -OCH3 is 1. The number of nitrogens with zero attached hydrogens (tertiary/aromatic N) is 1. The molecule has 0 radical (unpaired) electrons. The van der Waals surface area contributed by atoms with Crippen molar-refractivity contribution in [1.82, 2.24) is 15.3 Å². The Labute approximate surface area is 124 Å². The van der Waals surface area contributed by atoms with Crippen LogP contribution in [0.4, 0.5) is 0 Å². The number of benzene rings is 1. The van der Waals surface area contributed by atoms with Crippen molar-refractivity contribution in [2.75, 3.05) is 19.4 Å². The van der Waals surface area contributed by atoms with Gasteiger partial charge < -0.3 is 15.0 Å². The van der Waals surface area contributed by atoms with E-state index in [1.54, 1.807) is 18.9 Å². The number of H-pyrrole nitrogens is 1. The van der Waals surface area contributed by atoms with Crippen LogP contribution in [0.2, 0.25) is 0 Å². The summed E-state index contributed by atoms with van der Waals surface area (Å²) in [6.07, 6.45) is 2.40. The lowest BCUT2D eigenvalue weighted by Crippen LogP contribution is -2.25. The van der Waals surface area contributed by atoms with Crippen LogP contribution in [-0.2, 0) is 0 Å². The van der Waals surface area contributed by atoms with Crippen LogP contribution in [0, 0.1) is 0 Å². The van der Waals surface area contributed by atoms with E-state index in [2.05, 4.69) is 29.1 Å². The number of fused-ring (bicyclic) bond motifs is 1.